The van der Waals surface area contributed by atoms with Gasteiger partial charge in [0.25, 0.3) is 0 Å². The molecular formula is C14H22N4O3. The van der Waals surface area contributed by atoms with Crippen molar-refractivity contribution in [3.8, 4) is 0 Å². The van der Waals surface area contributed by atoms with Gasteiger partial charge in [0, 0.05) is 25.1 Å². The molecule has 0 saturated carbocycles. The molecule has 1 fully saturated rings. The van der Waals surface area contributed by atoms with E-state index in [0.29, 0.717) is 32.1 Å². The smallest absolute Gasteiger partial charge is 0.410 e. The van der Waals surface area contributed by atoms with Gasteiger partial charge in [0.2, 0.25) is 0 Å². The maximum atomic E-state index is 11.9. The van der Waals surface area contributed by atoms with Gasteiger partial charge in [-0.2, -0.15) is 5.10 Å². The summed E-state index contributed by atoms with van der Waals surface area (Å²) < 4.78 is 12.8. The molecule has 2 N–H and O–H groups in total. The summed E-state index contributed by atoms with van der Waals surface area (Å²) in [6.45, 7) is 8.03. The fourth-order valence-electron chi connectivity index (χ4n) is 2.68. The molecule has 0 unspecified atom stereocenters. The van der Waals surface area contributed by atoms with Crippen LogP contribution in [0, 0.1) is 0 Å². The zero-order valence-corrected chi connectivity index (χ0v) is 12.8. The molecule has 1 aromatic rings. The van der Waals surface area contributed by atoms with Crippen LogP contribution in [-0.2, 0) is 22.5 Å². The highest BCUT2D eigenvalue weighted by Crippen LogP contribution is 2.30. The van der Waals surface area contributed by atoms with E-state index < -0.39 is 5.60 Å². The van der Waals surface area contributed by atoms with Gasteiger partial charge in [0.15, 0.2) is 0 Å². The first kappa shape index (κ1) is 14.2. The average Bonchev–Trinajstić information content (AvgIpc) is 2.64. The van der Waals surface area contributed by atoms with Crippen LogP contribution in [0.5, 0.6) is 0 Å². The van der Waals surface area contributed by atoms with Crippen LogP contribution >= 0.6 is 0 Å². The van der Waals surface area contributed by atoms with E-state index in [9.17, 15) is 4.79 Å². The molecule has 3 heterocycles. The van der Waals surface area contributed by atoms with Crippen LogP contribution in [0.3, 0.4) is 0 Å². The van der Waals surface area contributed by atoms with Gasteiger partial charge < -0.3 is 20.1 Å². The second kappa shape index (κ2) is 4.91. The van der Waals surface area contributed by atoms with Crippen molar-refractivity contribution in [2.75, 3.05) is 25.4 Å². The monoisotopic (exact) mass is 294 g/mol. The number of rotatable bonds is 1. The molecule has 3 rings (SSSR count). The summed E-state index contributed by atoms with van der Waals surface area (Å²) in [6, 6.07) is 0.158. The number of nitrogens with two attached hydrogens (primary N) is 1. The van der Waals surface area contributed by atoms with E-state index in [4.69, 9.17) is 15.2 Å². The SMILES string of the molecule is CC(C)(C)OC(=O)N1CC(n2nc(N)c3c2COCC3)C1. The largest absolute Gasteiger partial charge is 0.444 e. The van der Waals surface area contributed by atoms with Crippen LogP contribution in [0.2, 0.25) is 0 Å². The Morgan fingerprint density at radius 2 is 2.14 bits per heavy atom. The number of aromatic nitrogens is 2. The fraction of sp³-hybridized carbons (Fsp3) is 0.714. The molecule has 1 amide bonds. The minimum absolute atomic E-state index is 0.158. The summed E-state index contributed by atoms with van der Waals surface area (Å²) in [4.78, 5) is 13.6. The molecule has 0 spiro atoms. The molecule has 7 heteroatoms. The predicted molar refractivity (Wildman–Crippen MR) is 76.8 cm³/mol. The molecular weight excluding hydrogens is 272 g/mol. The van der Waals surface area contributed by atoms with Crippen LogP contribution in [0.25, 0.3) is 0 Å². The van der Waals surface area contributed by atoms with Crippen molar-refractivity contribution < 1.29 is 14.3 Å². The molecule has 0 aromatic carbocycles. The number of hydrogen-bond acceptors (Lipinski definition) is 5. The number of ether oxygens (including phenoxy) is 2. The fourth-order valence-corrected chi connectivity index (χ4v) is 2.68. The van der Waals surface area contributed by atoms with E-state index in [1.54, 1.807) is 4.90 Å². The Morgan fingerprint density at radius 3 is 2.81 bits per heavy atom. The van der Waals surface area contributed by atoms with Gasteiger partial charge in [-0.3, -0.25) is 4.68 Å². The first-order valence-electron chi connectivity index (χ1n) is 7.26. The lowest BCUT2D eigenvalue weighted by molar-refractivity contribution is -0.00184. The molecule has 2 aliphatic rings. The van der Waals surface area contributed by atoms with E-state index in [-0.39, 0.29) is 12.1 Å². The Hall–Kier alpha value is -1.76. The molecule has 1 aromatic heterocycles. The molecule has 21 heavy (non-hydrogen) atoms. The van der Waals surface area contributed by atoms with Gasteiger partial charge in [-0.15, -0.1) is 0 Å². The molecule has 2 aliphatic heterocycles. The summed E-state index contributed by atoms with van der Waals surface area (Å²) in [5, 5.41) is 4.42. The lowest BCUT2D eigenvalue weighted by atomic mass is 10.1. The van der Waals surface area contributed by atoms with Gasteiger partial charge >= 0.3 is 6.09 Å². The van der Waals surface area contributed by atoms with Crippen LogP contribution in [0.15, 0.2) is 0 Å². The van der Waals surface area contributed by atoms with Gasteiger partial charge in [-0.25, -0.2) is 4.79 Å². The zero-order chi connectivity index (χ0) is 15.2. The minimum Gasteiger partial charge on any atom is -0.444 e. The van der Waals surface area contributed by atoms with Crippen molar-refractivity contribution >= 4 is 11.9 Å². The second-order valence-corrected chi connectivity index (χ2v) is 6.60. The number of amides is 1. The number of likely N-dealkylation sites (tertiary alicyclic amines) is 1. The van der Waals surface area contributed by atoms with Crippen molar-refractivity contribution in [3.63, 3.8) is 0 Å². The Balaban J connectivity index is 1.66. The van der Waals surface area contributed by atoms with Crippen molar-refractivity contribution in [1.82, 2.24) is 14.7 Å². The van der Waals surface area contributed by atoms with Crippen LogP contribution < -0.4 is 5.73 Å². The molecule has 7 nitrogen and oxygen atoms in total. The van der Waals surface area contributed by atoms with Crippen molar-refractivity contribution in [2.45, 2.75) is 45.4 Å². The third kappa shape index (κ3) is 2.70. The Kier molecular flexibility index (Phi) is 3.32. The van der Waals surface area contributed by atoms with E-state index in [1.165, 1.54) is 0 Å². The highest BCUT2D eigenvalue weighted by atomic mass is 16.6. The molecule has 1 saturated heterocycles. The molecule has 0 radical (unpaired) electrons. The van der Waals surface area contributed by atoms with Gasteiger partial charge in [0.05, 0.1) is 24.9 Å². The third-order valence-electron chi connectivity index (χ3n) is 3.74. The first-order valence-corrected chi connectivity index (χ1v) is 7.26. The number of nitrogens with zero attached hydrogens (tertiary/aromatic N) is 3. The number of nitrogen functional groups attached to an aromatic ring is 1. The quantitative estimate of drug-likeness (QED) is 0.845. The van der Waals surface area contributed by atoms with E-state index in [0.717, 1.165) is 17.7 Å². The molecule has 0 aliphatic carbocycles. The van der Waals surface area contributed by atoms with E-state index in [1.807, 2.05) is 25.5 Å². The predicted octanol–water partition coefficient (Wildman–Crippen LogP) is 1.33. The van der Waals surface area contributed by atoms with Crippen molar-refractivity contribution in [2.24, 2.45) is 0 Å². The Labute approximate surface area is 124 Å². The maximum absolute atomic E-state index is 11.9. The number of carbonyl (C=O) groups excluding carboxylic acids is 1. The van der Waals surface area contributed by atoms with Gasteiger partial charge in [-0.05, 0) is 20.8 Å². The highest BCUT2D eigenvalue weighted by molar-refractivity contribution is 5.69. The van der Waals surface area contributed by atoms with Crippen LogP contribution in [0.1, 0.15) is 38.1 Å². The second-order valence-electron chi connectivity index (χ2n) is 6.60. The first-order chi connectivity index (χ1) is 9.85. The molecule has 0 atom stereocenters. The lowest BCUT2D eigenvalue weighted by Gasteiger charge is -2.40. The minimum atomic E-state index is -0.467. The van der Waals surface area contributed by atoms with Crippen LogP contribution in [0.4, 0.5) is 10.6 Å². The third-order valence-corrected chi connectivity index (χ3v) is 3.74. The molecule has 116 valence electrons. The van der Waals surface area contributed by atoms with E-state index in [2.05, 4.69) is 5.10 Å². The zero-order valence-electron chi connectivity index (χ0n) is 12.8. The lowest BCUT2D eigenvalue weighted by Crippen LogP contribution is -2.52. The topological polar surface area (TPSA) is 82.6 Å². The number of anilines is 1. The standard InChI is InChI=1S/C14H22N4O3/c1-14(2,3)21-13(19)17-6-9(7-17)18-11-8-20-5-4-10(11)12(15)16-18/h9H,4-8H2,1-3H3,(H2,15,16). The number of hydrogen-bond donors (Lipinski definition) is 1. The van der Waals surface area contributed by atoms with Crippen molar-refractivity contribution in [1.29, 1.82) is 0 Å². The van der Waals surface area contributed by atoms with E-state index >= 15 is 0 Å². The summed E-state index contributed by atoms with van der Waals surface area (Å²) in [7, 11) is 0. The highest BCUT2D eigenvalue weighted by Gasteiger charge is 2.37. The summed E-state index contributed by atoms with van der Waals surface area (Å²) in [6.07, 6.45) is 0.535. The summed E-state index contributed by atoms with van der Waals surface area (Å²) >= 11 is 0. The Bertz CT molecular complexity index is 555. The van der Waals surface area contributed by atoms with Gasteiger partial charge in [-0.1, -0.05) is 0 Å². The normalized spacial score (nSPS) is 19.1. The molecule has 0 bridgehead atoms. The van der Waals surface area contributed by atoms with Crippen molar-refractivity contribution in [3.05, 3.63) is 11.3 Å². The summed E-state index contributed by atoms with van der Waals surface area (Å²) in [5.74, 6) is 0.587. The summed E-state index contributed by atoms with van der Waals surface area (Å²) in [5.41, 5.74) is 7.64. The Morgan fingerprint density at radius 1 is 1.43 bits per heavy atom. The van der Waals surface area contributed by atoms with Gasteiger partial charge in [0.1, 0.15) is 11.4 Å². The average molecular weight is 294 g/mol. The number of carbonyl (C=O) groups is 1. The number of fused-ring (bicyclic) bond motifs is 1. The van der Waals surface area contributed by atoms with Crippen LogP contribution in [-0.4, -0.2) is 46.1 Å². The maximum Gasteiger partial charge on any atom is 0.410 e.